The number of ether oxygens (including phenoxy) is 2. The number of hydrogen-bond donors (Lipinski definition) is 1. The van der Waals surface area contributed by atoms with Crippen LogP contribution in [0.25, 0.3) is 0 Å². The van der Waals surface area contributed by atoms with E-state index in [4.69, 9.17) is 44.3 Å². The highest BCUT2D eigenvalue weighted by Gasteiger charge is 2.29. The first-order chi connectivity index (χ1) is 18.1. The Hall–Kier alpha value is -2.37. The van der Waals surface area contributed by atoms with E-state index in [9.17, 15) is 17.6 Å². The molecule has 3 rings (SSSR count). The van der Waals surface area contributed by atoms with Gasteiger partial charge in [-0.25, -0.2) is 12.8 Å². The van der Waals surface area contributed by atoms with Crippen molar-refractivity contribution in [3.05, 3.63) is 81.0 Å². The van der Waals surface area contributed by atoms with Crippen LogP contribution in [0.15, 0.2) is 59.5 Å². The Labute approximate surface area is 240 Å². The zero-order valence-corrected chi connectivity index (χ0v) is 24.2. The van der Waals surface area contributed by atoms with E-state index in [1.165, 1.54) is 38.5 Å². The van der Waals surface area contributed by atoms with Gasteiger partial charge in [0.1, 0.15) is 12.4 Å². The third-order valence-electron chi connectivity index (χ3n) is 5.24. The van der Waals surface area contributed by atoms with Gasteiger partial charge in [-0.2, -0.15) is 11.8 Å². The summed E-state index contributed by atoms with van der Waals surface area (Å²) in [6.07, 6.45) is 0. The molecule has 13 heteroatoms. The minimum absolute atomic E-state index is 0.0235. The molecule has 0 spiro atoms. The maximum absolute atomic E-state index is 13.8. The van der Waals surface area contributed by atoms with Crippen molar-refractivity contribution in [1.82, 2.24) is 5.32 Å². The van der Waals surface area contributed by atoms with E-state index in [-0.39, 0.29) is 21.4 Å². The molecule has 7 nitrogen and oxygen atoms in total. The lowest BCUT2D eigenvalue weighted by Gasteiger charge is -2.24. The highest BCUT2D eigenvalue weighted by atomic mass is 35.5. The molecule has 3 aromatic carbocycles. The van der Waals surface area contributed by atoms with Crippen LogP contribution in [0, 0.1) is 5.82 Å². The summed E-state index contributed by atoms with van der Waals surface area (Å²) in [5.74, 6) is 0.470. The Kier molecular flexibility index (Phi) is 10.8. The van der Waals surface area contributed by atoms with Gasteiger partial charge in [-0.1, -0.05) is 40.9 Å². The summed E-state index contributed by atoms with van der Waals surface area (Å²) < 4.78 is 52.3. The number of nitrogens with zero attached hydrogens (tertiary/aromatic N) is 1. The van der Waals surface area contributed by atoms with Crippen molar-refractivity contribution >= 4 is 68.2 Å². The molecule has 0 atom stereocenters. The first-order valence-corrected chi connectivity index (χ1v) is 14.8. The van der Waals surface area contributed by atoms with Gasteiger partial charge in [-0.3, -0.25) is 9.10 Å². The molecule has 1 amide bonds. The lowest BCUT2D eigenvalue weighted by Crippen LogP contribution is -2.41. The second-order valence-electron chi connectivity index (χ2n) is 7.78. The third-order valence-corrected chi connectivity index (χ3v) is 9.07. The summed E-state index contributed by atoms with van der Waals surface area (Å²) in [7, 11) is -1.49. The van der Waals surface area contributed by atoms with Crippen LogP contribution >= 0.6 is 46.6 Å². The van der Waals surface area contributed by atoms with Crippen LogP contribution in [0.2, 0.25) is 15.1 Å². The molecule has 0 radical (unpaired) electrons. The number of carbonyl (C=O) groups excluding carboxylic acids is 1. The predicted octanol–water partition coefficient (Wildman–Crippen LogP) is 6.05. The molecule has 204 valence electrons. The molecule has 0 fully saturated rings. The zero-order valence-electron chi connectivity index (χ0n) is 20.3. The summed E-state index contributed by atoms with van der Waals surface area (Å²) in [5, 5.41) is 3.37. The summed E-state index contributed by atoms with van der Waals surface area (Å²) >= 11 is 19.4. The fourth-order valence-corrected chi connectivity index (χ4v) is 6.06. The molecule has 0 aromatic heterocycles. The van der Waals surface area contributed by atoms with Crippen molar-refractivity contribution in [2.75, 3.05) is 37.4 Å². The number of halogens is 4. The van der Waals surface area contributed by atoms with Gasteiger partial charge < -0.3 is 14.8 Å². The van der Waals surface area contributed by atoms with E-state index in [2.05, 4.69) is 5.32 Å². The van der Waals surface area contributed by atoms with Crippen LogP contribution in [0.4, 0.5) is 10.1 Å². The van der Waals surface area contributed by atoms with E-state index in [0.29, 0.717) is 33.8 Å². The molecule has 0 bridgehead atoms. The third kappa shape index (κ3) is 7.60. The highest BCUT2D eigenvalue weighted by molar-refractivity contribution is 7.98. The molecule has 0 saturated heterocycles. The highest BCUT2D eigenvalue weighted by Crippen LogP contribution is 2.33. The van der Waals surface area contributed by atoms with Gasteiger partial charge >= 0.3 is 0 Å². The Morgan fingerprint density at radius 1 is 0.947 bits per heavy atom. The summed E-state index contributed by atoms with van der Waals surface area (Å²) in [6, 6.07) is 12.8. The SMILES string of the molecule is COc1ccc(S(=O)(=O)N(CC(=O)NCCSCc2ccc(Cl)c(Cl)c2)c2ccc(F)c(Cl)c2)cc1OC. The molecule has 38 heavy (non-hydrogen) atoms. The molecule has 0 heterocycles. The van der Waals surface area contributed by atoms with Crippen LogP contribution in [0.3, 0.4) is 0 Å². The number of hydrogen-bond acceptors (Lipinski definition) is 6. The summed E-state index contributed by atoms with van der Waals surface area (Å²) in [6.45, 7) is -0.269. The van der Waals surface area contributed by atoms with E-state index < -0.39 is 28.3 Å². The second-order valence-corrected chi connectivity index (χ2v) is 12.0. The predicted molar refractivity (Wildman–Crippen MR) is 151 cm³/mol. The van der Waals surface area contributed by atoms with Crippen molar-refractivity contribution < 1.29 is 27.1 Å². The van der Waals surface area contributed by atoms with Gasteiger partial charge in [-0.15, -0.1) is 0 Å². The molecule has 3 aromatic rings. The van der Waals surface area contributed by atoms with E-state index in [1.807, 2.05) is 6.07 Å². The molecular formula is C25H24Cl3FN2O5S2. The van der Waals surface area contributed by atoms with Crippen LogP contribution < -0.4 is 19.1 Å². The first kappa shape index (κ1) is 30.2. The Balaban J connectivity index is 1.73. The zero-order chi connectivity index (χ0) is 27.9. The van der Waals surface area contributed by atoms with E-state index in [1.54, 1.807) is 23.9 Å². The molecule has 0 aliphatic carbocycles. The van der Waals surface area contributed by atoms with Gasteiger partial charge in [0.15, 0.2) is 11.5 Å². The molecule has 1 N–H and O–H groups in total. The number of thioether (sulfide) groups is 1. The van der Waals surface area contributed by atoms with Gasteiger partial charge in [0.05, 0.1) is 39.9 Å². The van der Waals surface area contributed by atoms with Gasteiger partial charge in [-0.05, 0) is 48.0 Å². The normalized spacial score (nSPS) is 11.2. The van der Waals surface area contributed by atoms with Crippen LogP contribution in [-0.4, -0.2) is 47.4 Å². The topological polar surface area (TPSA) is 84.9 Å². The molecule has 0 saturated carbocycles. The number of methoxy groups -OCH3 is 2. The number of amides is 1. The van der Waals surface area contributed by atoms with Crippen molar-refractivity contribution in [2.45, 2.75) is 10.6 Å². The van der Waals surface area contributed by atoms with Crippen molar-refractivity contribution in [3.8, 4) is 11.5 Å². The van der Waals surface area contributed by atoms with E-state index in [0.717, 1.165) is 22.0 Å². The minimum atomic E-state index is -4.29. The van der Waals surface area contributed by atoms with E-state index >= 15 is 0 Å². The quantitative estimate of drug-likeness (QED) is 0.248. The van der Waals surface area contributed by atoms with Crippen LogP contribution in [0.1, 0.15) is 5.56 Å². The Morgan fingerprint density at radius 2 is 1.68 bits per heavy atom. The Morgan fingerprint density at radius 3 is 2.34 bits per heavy atom. The van der Waals surface area contributed by atoms with Crippen molar-refractivity contribution in [2.24, 2.45) is 0 Å². The number of carbonyl (C=O) groups is 1. The number of rotatable bonds is 12. The lowest BCUT2D eigenvalue weighted by molar-refractivity contribution is -0.119. The maximum atomic E-state index is 13.8. The molecule has 0 unspecified atom stereocenters. The summed E-state index contributed by atoms with van der Waals surface area (Å²) in [4.78, 5) is 12.6. The fraction of sp³-hybridized carbons (Fsp3) is 0.240. The first-order valence-electron chi connectivity index (χ1n) is 11.0. The summed E-state index contributed by atoms with van der Waals surface area (Å²) in [5.41, 5.74) is 1.01. The lowest BCUT2D eigenvalue weighted by atomic mass is 10.2. The van der Waals surface area contributed by atoms with Crippen molar-refractivity contribution in [3.63, 3.8) is 0 Å². The fourth-order valence-electron chi connectivity index (χ4n) is 3.33. The molecule has 0 aliphatic heterocycles. The van der Waals surface area contributed by atoms with Gasteiger partial charge in [0.2, 0.25) is 5.91 Å². The maximum Gasteiger partial charge on any atom is 0.264 e. The largest absolute Gasteiger partial charge is 0.493 e. The number of nitrogens with one attached hydrogen (secondary N) is 1. The average Bonchev–Trinajstić information content (AvgIpc) is 2.90. The van der Waals surface area contributed by atoms with Crippen LogP contribution in [0.5, 0.6) is 11.5 Å². The minimum Gasteiger partial charge on any atom is -0.493 e. The van der Waals surface area contributed by atoms with Gasteiger partial charge in [0.25, 0.3) is 10.0 Å². The number of sulfonamides is 1. The molecule has 0 aliphatic rings. The van der Waals surface area contributed by atoms with Crippen LogP contribution in [-0.2, 0) is 20.6 Å². The van der Waals surface area contributed by atoms with Crippen molar-refractivity contribution in [1.29, 1.82) is 0 Å². The molecular weight excluding hydrogens is 598 g/mol. The number of anilines is 1. The smallest absolute Gasteiger partial charge is 0.264 e. The van der Waals surface area contributed by atoms with Gasteiger partial charge in [0, 0.05) is 24.1 Å². The number of benzene rings is 3. The standard InChI is InChI=1S/C25H24Cl3FN2O5S2/c1-35-23-8-5-18(13-24(23)36-2)38(33,34)31(17-4-7-22(29)21(28)12-17)14-25(32)30-9-10-37-15-16-3-6-19(26)20(27)11-16/h3-8,11-13H,9-10,14-15H2,1-2H3,(H,30,32). The average molecular weight is 622 g/mol. The second kappa shape index (κ2) is 13.6. The Bertz CT molecular complexity index is 1410. The monoisotopic (exact) mass is 620 g/mol.